The molecule has 19 heavy (non-hydrogen) atoms. The van der Waals surface area contributed by atoms with Crippen molar-refractivity contribution in [3.8, 4) is 0 Å². The van der Waals surface area contributed by atoms with E-state index in [1.54, 1.807) is 0 Å². The van der Waals surface area contributed by atoms with Crippen molar-refractivity contribution >= 4 is 0 Å². The van der Waals surface area contributed by atoms with Crippen molar-refractivity contribution in [2.75, 3.05) is 13.1 Å². The summed E-state index contributed by atoms with van der Waals surface area (Å²) in [5, 5.41) is 0. The van der Waals surface area contributed by atoms with Gasteiger partial charge in [-0.3, -0.25) is 9.88 Å². The van der Waals surface area contributed by atoms with Gasteiger partial charge in [-0.1, -0.05) is 26.8 Å². The van der Waals surface area contributed by atoms with Crippen LogP contribution < -0.4 is 5.73 Å². The second-order valence-electron chi connectivity index (χ2n) is 6.94. The summed E-state index contributed by atoms with van der Waals surface area (Å²) < 4.78 is 0. The molecule has 3 heteroatoms. The molecule has 0 bridgehead atoms. The molecule has 0 aliphatic carbocycles. The zero-order valence-electron chi connectivity index (χ0n) is 12.6. The van der Waals surface area contributed by atoms with E-state index in [9.17, 15) is 0 Å². The number of likely N-dealkylation sites (tertiary alicyclic amines) is 1. The molecule has 1 fully saturated rings. The lowest BCUT2D eigenvalue weighted by Gasteiger charge is -2.33. The maximum absolute atomic E-state index is 6.23. The normalized spacial score (nSPS) is 24.4. The minimum atomic E-state index is 0.128. The first-order valence-corrected chi connectivity index (χ1v) is 7.29. The molecule has 106 valence electrons. The van der Waals surface area contributed by atoms with E-state index in [1.165, 1.54) is 12.0 Å². The third-order valence-electron chi connectivity index (χ3n) is 4.36. The fraction of sp³-hybridized carbons (Fsp3) is 0.688. The molecule has 3 atom stereocenters. The van der Waals surface area contributed by atoms with Gasteiger partial charge in [-0.05, 0) is 42.9 Å². The summed E-state index contributed by atoms with van der Waals surface area (Å²) in [5.41, 5.74) is 7.86. The Kier molecular flexibility index (Phi) is 4.26. The molecule has 1 aromatic rings. The summed E-state index contributed by atoms with van der Waals surface area (Å²) in [5.74, 6) is 0.755. The van der Waals surface area contributed by atoms with Crippen LogP contribution in [-0.2, 0) is 0 Å². The van der Waals surface area contributed by atoms with Gasteiger partial charge >= 0.3 is 0 Å². The van der Waals surface area contributed by atoms with Crippen molar-refractivity contribution in [2.24, 2.45) is 17.1 Å². The first-order valence-electron chi connectivity index (χ1n) is 7.29. The second kappa shape index (κ2) is 5.59. The SMILES string of the molecule is CC(N)C(c1cccnc1)N1CCC(C(C)(C)C)C1. The van der Waals surface area contributed by atoms with Crippen molar-refractivity contribution < 1.29 is 0 Å². The van der Waals surface area contributed by atoms with Gasteiger partial charge in [0.25, 0.3) is 0 Å². The molecule has 0 amide bonds. The average molecular weight is 261 g/mol. The Hall–Kier alpha value is -0.930. The zero-order chi connectivity index (χ0) is 14.0. The lowest BCUT2D eigenvalue weighted by molar-refractivity contribution is 0.180. The smallest absolute Gasteiger partial charge is 0.0511 e. The van der Waals surface area contributed by atoms with Gasteiger partial charge in [0, 0.05) is 25.0 Å². The lowest BCUT2D eigenvalue weighted by Crippen LogP contribution is -2.39. The molecule has 1 aliphatic heterocycles. The van der Waals surface area contributed by atoms with Crippen LogP contribution in [0.1, 0.15) is 45.7 Å². The molecule has 0 radical (unpaired) electrons. The highest BCUT2D eigenvalue weighted by atomic mass is 15.2. The first kappa shape index (κ1) is 14.5. The maximum Gasteiger partial charge on any atom is 0.0511 e. The molecule has 2 heterocycles. The van der Waals surface area contributed by atoms with Crippen LogP contribution in [0.2, 0.25) is 0 Å². The van der Waals surface area contributed by atoms with Gasteiger partial charge in [0.2, 0.25) is 0 Å². The minimum Gasteiger partial charge on any atom is -0.326 e. The van der Waals surface area contributed by atoms with E-state index in [0.29, 0.717) is 11.5 Å². The standard InChI is InChI=1S/C16H27N3/c1-12(17)15(13-6-5-8-18-10-13)19-9-7-14(11-19)16(2,3)4/h5-6,8,10,12,14-15H,7,9,11,17H2,1-4H3. The number of nitrogens with two attached hydrogens (primary N) is 1. The van der Waals surface area contributed by atoms with Gasteiger partial charge in [-0.25, -0.2) is 0 Å². The average Bonchev–Trinajstić information content (AvgIpc) is 2.79. The van der Waals surface area contributed by atoms with Gasteiger partial charge in [0.1, 0.15) is 0 Å². The Morgan fingerprint density at radius 3 is 2.63 bits per heavy atom. The molecule has 1 aliphatic rings. The van der Waals surface area contributed by atoms with Crippen LogP contribution in [-0.4, -0.2) is 29.0 Å². The number of aromatic nitrogens is 1. The van der Waals surface area contributed by atoms with Crippen LogP contribution >= 0.6 is 0 Å². The van der Waals surface area contributed by atoms with Gasteiger partial charge in [-0.15, -0.1) is 0 Å². The van der Waals surface area contributed by atoms with Gasteiger partial charge in [-0.2, -0.15) is 0 Å². The quantitative estimate of drug-likeness (QED) is 0.909. The van der Waals surface area contributed by atoms with E-state index in [2.05, 4.69) is 43.6 Å². The third kappa shape index (κ3) is 3.34. The highest BCUT2D eigenvalue weighted by Gasteiger charge is 2.36. The van der Waals surface area contributed by atoms with Crippen molar-refractivity contribution in [3.63, 3.8) is 0 Å². The van der Waals surface area contributed by atoms with Crippen molar-refractivity contribution in [1.29, 1.82) is 0 Å². The Balaban J connectivity index is 2.15. The van der Waals surface area contributed by atoms with E-state index in [4.69, 9.17) is 5.73 Å². The van der Waals surface area contributed by atoms with Crippen LogP contribution in [0.25, 0.3) is 0 Å². The van der Waals surface area contributed by atoms with E-state index in [0.717, 1.165) is 19.0 Å². The monoisotopic (exact) mass is 261 g/mol. The number of hydrogen-bond acceptors (Lipinski definition) is 3. The molecule has 1 saturated heterocycles. The first-order chi connectivity index (χ1) is 8.89. The molecule has 0 spiro atoms. The molecule has 2 N–H and O–H groups in total. The predicted molar refractivity (Wildman–Crippen MR) is 79.8 cm³/mol. The molecule has 0 aromatic carbocycles. The molecule has 2 rings (SSSR count). The zero-order valence-corrected chi connectivity index (χ0v) is 12.6. The minimum absolute atomic E-state index is 0.128. The van der Waals surface area contributed by atoms with Crippen molar-refractivity contribution in [1.82, 2.24) is 9.88 Å². The van der Waals surface area contributed by atoms with Crippen LogP contribution in [0.3, 0.4) is 0 Å². The van der Waals surface area contributed by atoms with E-state index in [1.807, 2.05) is 18.5 Å². The molecule has 3 nitrogen and oxygen atoms in total. The summed E-state index contributed by atoms with van der Waals surface area (Å²) in [7, 11) is 0. The largest absolute Gasteiger partial charge is 0.326 e. The Morgan fingerprint density at radius 2 is 2.16 bits per heavy atom. The molecule has 0 saturated carbocycles. The summed E-state index contributed by atoms with van der Waals surface area (Å²) in [6.45, 7) is 11.4. The topological polar surface area (TPSA) is 42.1 Å². The van der Waals surface area contributed by atoms with Crippen molar-refractivity contribution in [2.45, 2.75) is 46.2 Å². The van der Waals surface area contributed by atoms with Gasteiger partial charge in [0.15, 0.2) is 0 Å². The van der Waals surface area contributed by atoms with E-state index < -0.39 is 0 Å². The summed E-state index contributed by atoms with van der Waals surface area (Å²) >= 11 is 0. The number of hydrogen-bond donors (Lipinski definition) is 1. The maximum atomic E-state index is 6.23. The number of pyridine rings is 1. The molecular formula is C16H27N3. The highest BCUT2D eigenvalue weighted by Crippen LogP contribution is 2.37. The molecule has 3 unspecified atom stereocenters. The summed E-state index contributed by atoms with van der Waals surface area (Å²) in [6.07, 6.45) is 5.05. The Morgan fingerprint density at radius 1 is 1.42 bits per heavy atom. The van der Waals surface area contributed by atoms with Gasteiger partial charge in [0.05, 0.1) is 6.04 Å². The predicted octanol–water partition coefficient (Wildman–Crippen LogP) is 2.84. The number of rotatable bonds is 3. The van der Waals surface area contributed by atoms with E-state index >= 15 is 0 Å². The second-order valence-corrected chi connectivity index (χ2v) is 6.94. The third-order valence-corrected chi connectivity index (χ3v) is 4.36. The van der Waals surface area contributed by atoms with Crippen molar-refractivity contribution in [3.05, 3.63) is 30.1 Å². The molecule has 1 aromatic heterocycles. The fourth-order valence-electron chi connectivity index (χ4n) is 3.14. The van der Waals surface area contributed by atoms with Crippen LogP contribution in [0.4, 0.5) is 0 Å². The van der Waals surface area contributed by atoms with Gasteiger partial charge < -0.3 is 5.73 Å². The Bertz CT molecular complexity index is 394. The highest BCUT2D eigenvalue weighted by molar-refractivity contribution is 5.16. The van der Waals surface area contributed by atoms with Crippen LogP contribution in [0.15, 0.2) is 24.5 Å². The van der Waals surface area contributed by atoms with Crippen LogP contribution in [0, 0.1) is 11.3 Å². The van der Waals surface area contributed by atoms with Crippen LogP contribution in [0.5, 0.6) is 0 Å². The fourth-order valence-corrected chi connectivity index (χ4v) is 3.14. The number of nitrogens with zero attached hydrogens (tertiary/aromatic N) is 2. The summed E-state index contributed by atoms with van der Waals surface area (Å²) in [4.78, 5) is 6.78. The Labute approximate surface area is 117 Å². The van der Waals surface area contributed by atoms with E-state index in [-0.39, 0.29) is 6.04 Å². The molecular weight excluding hydrogens is 234 g/mol. The summed E-state index contributed by atoms with van der Waals surface area (Å²) in [6, 6.07) is 4.57. The lowest BCUT2D eigenvalue weighted by atomic mass is 9.80.